The molecule has 21 heavy (non-hydrogen) atoms. The first-order valence-electron chi connectivity index (χ1n) is 6.66. The van der Waals surface area contributed by atoms with E-state index in [1.165, 1.54) is 0 Å². The van der Waals surface area contributed by atoms with Crippen molar-refractivity contribution in [1.29, 1.82) is 0 Å². The van der Waals surface area contributed by atoms with Gasteiger partial charge in [0.2, 0.25) is 0 Å². The molecule has 110 valence electrons. The van der Waals surface area contributed by atoms with Crippen molar-refractivity contribution in [2.75, 3.05) is 19.5 Å². The molecule has 0 unspecified atom stereocenters. The summed E-state index contributed by atoms with van der Waals surface area (Å²) in [5, 5.41) is 2.88. The Balaban J connectivity index is 2.29. The zero-order valence-electron chi connectivity index (χ0n) is 12.7. The van der Waals surface area contributed by atoms with E-state index in [2.05, 4.69) is 5.32 Å². The van der Waals surface area contributed by atoms with Crippen LogP contribution in [-0.4, -0.2) is 20.1 Å². The predicted molar refractivity (Wildman–Crippen MR) is 83.4 cm³/mol. The third-order valence-corrected chi connectivity index (χ3v) is 3.51. The fraction of sp³-hybridized carbons (Fsp3) is 0.235. The van der Waals surface area contributed by atoms with Crippen molar-refractivity contribution in [3.8, 4) is 11.5 Å². The Morgan fingerprint density at radius 1 is 1.05 bits per heavy atom. The molecule has 0 aliphatic rings. The van der Waals surface area contributed by atoms with Crippen LogP contribution in [0, 0.1) is 13.8 Å². The molecule has 0 heterocycles. The van der Waals surface area contributed by atoms with Crippen LogP contribution in [0.25, 0.3) is 0 Å². The highest BCUT2D eigenvalue weighted by atomic mass is 16.5. The minimum Gasteiger partial charge on any atom is -0.497 e. The van der Waals surface area contributed by atoms with E-state index < -0.39 is 0 Å². The maximum atomic E-state index is 12.4. The van der Waals surface area contributed by atoms with E-state index in [1.54, 1.807) is 32.4 Å². The molecule has 0 atom stereocenters. The average Bonchev–Trinajstić information content (AvgIpc) is 2.50. The highest BCUT2D eigenvalue weighted by molar-refractivity contribution is 6.06. The molecule has 0 saturated heterocycles. The SMILES string of the molecule is COc1ccc(NC(=O)c2cccc(C)c2C)c(OC)c1. The Morgan fingerprint density at radius 2 is 1.81 bits per heavy atom. The first kappa shape index (κ1) is 14.9. The summed E-state index contributed by atoms with van der Waals surface area (Å²) in [7, 11) is 3.14. The Morgan fingerprint density at radius 3 is 2.48 bits per heavy atom. The Hall–Kier alpha value is -2.49. The summed E-state index contributed by atoms with van der Waals surface area (Å²) in [4.78, 5) is 12.4. The lowest BCUT2D eigenvalue weighted by molar-refractivity contribution is 0.102. The van der Waals surface area contributed by atoms with E-state index in [-0.39, 0.29) is 5.91 Å². The Labute approximate surface area is 124 Å². The standard InChI is InChI=1S/C17H19NO3/c1-11-6-5-7-14(12(11)2)17(19)18-15-9-8-13(20-3)10-16(15)21-4/h5-10H,1-4H3,(H,18,19). The molecule has 0 aliphatic heterocycles. The van der Waals surface area contributed by atoms with Crippen LogP contribution in [0.15, 0.2) is 36.4 Å². The summed E-state index contributed by atoms with van der Waals surface area (Å²) in [6.07, 6.45) is 0. The molecule has 0 radical (unpaired) electrons. The molecule has 2 aromatic rings. The highest BCUT2D eigenvalue weighted by Crippen LogP contribution is 2.29. The second kappa shape index (κ2) is 6.31. The highest BCUT2D eigenvalue weighted by Gasteiger charge is 2.13. The molecule has 0 saturated carbocycles. The van der Waals surface area contributed by atoms with Crippen LogP contribution in [0.5, 0.6) is 11.5 Å². The van der Waals surface area contributed by atoms with Gasteiger partial charge in [0.15, 0.2) is 0 Å². The van der Waals surface area contributed by atoms with E-state index in [0.29, 0.717) is 22.7 Å². The first-order valence-corrected chi connectivity index (χ1v) is 6.66. The molecule has 4 nitrogen and oxygen atoms in total. The van der Waals surface area contributed by atoms with Crippen molar-refractivity contribution in [2.24, 2.45) is 0 Å². The number of rotatable bonds is 4. The summed E-state index contributed by atoms with van der Waals surface area (Å²) in [5.41, 5.74) is 3.34. The van der Waals surface area contributed by atoms with Gasteiger partial charge >= 0.3 is 0 Å². The fourth-order valence-electron chi connectivity index (χ4n) is 2.09. The van der Waals surface area contributed by atoms with E-state index in [0.717, 1.165) is 11.1 Å². The molecule has 4 heteroatoms. The lowest BCUT2D eigenvalue weighted by Gasteiger charge is -2.13. The molecule has 2 aromatic carbocycles. The van der Waals surface area contributed by atoms with Crippen LogP contribution in [0.4, 0.5) is 5.69 Å². The Kier molecular flexibility index (Phi) is 4.48. The monoisotopic (exact) mass is 285 g/mol. The van der Waals surface area contributed by atoms with Gasteiger partial charge in [0, 0.05) is 11.6 Å². The second-order valence-electron chi connectivity index (χ2n) is 4.77. The summed E-state index contributed by atoms with van der Waals surface area (Å²) in [6.45, 7) is 3.93. The number of hydrogen-bond donors (Lipinski definition) is 1. The molecule has 0 aliphatic carbocycles. The lowest BCUT2D eigenvalue weighted by atomic mass is 10.0. The third kappa shape index (κ3) is 3.16. The van der Waals surface area contributed by atoms with Crippen LogP contribution in [0.1, 0.15) is 21.5 Å². The molecular formula is C17H19NO3. The quantitative estimate of drug-likeness (QED) is 0.934. The number of amides is 1. The normalized spacial score (nSPS) is 10.1. The zero-order chi connectivity index (χ0) is 15.4. The van der Waals surface area contributed by atoms with Gasteiger partial charge in [-0.2, -0.15) is 0 Å². The van der Waals surface area contributed by atoms with Gasteiger partial charge in [0.1, 0.15) is 11.5 Å². The van der Waals surface area contributed by atoms with Gasteiger partial charge < -0.3 is 14.8 Å². The van der Waals surface area contributed by atoms with Gasteiger partial charge in [-0.15, -0.1) is 0 Å². The van der Waals surface area contributed by atoms with Crippen LogP contribution in [0.3, 0.4) is 0 Å². The fourth-order valence-corrected chi connectivity index (χ4v) is 2.09. The van der Waals surface area contributed by atoms with Gasteiger partial charge in [0.05, 0.1) is 19.9 Å². The largest absolute Gasteiger partial charge is 0.497 e. The van der Waals surface area contributed by atoms with Crippen LogP contribution in [-0.2, 0) is 0 Å². The van der Waals surface area contributed by atoms with Gasteiger partial charge in [-0.1, -0.05) is 12.1 Å². The Bertz CT molecular complexity index is 665. The molecule has 1 amide bonds. The van der Waals surface area contributed by atoms with Crippen molar-refractivity contribution in [2.45, 2.75) is 13.8 Å². The summed E-state index contributed by atoms with van der Waals surface area (Å²) >= 11 is 0. The molecule has 1 N–H and O–H groups in total. The molecule has 0 spiro atoms. The lowest BCUT2D eigenvalue weighted by Crippen LogP contribution is -2.14. The number of aryl methyl sites for hydroxylation is 1. The van der Waals surface area contributed by atoms with Crippen molar-refractivity contribution in [3.05, 3.63) is 53.1 Å². The number of carbonyl (C=O) groups is 1. The molecule has 0 bridgehead atoms. The van der Waals surface area contributed by atoms with Crippen LogP contribution in [0.2, 0.25) is 0 Å². The van der Waals surface area contributed by atoms with Crippen molar-refractivity contribution in [1.82, 2.24) is 0 Å². The third-order valence-electron chi connectivity index (χ3n) is 3.51. The number of anilines is 1. The van der Waals surface area contributed by atoms with Crippen molar-refractivity contribution < 1.29 is 14.3 Å². The topological polar surface area (TPSA) is 47.6 Å². The number of nitrogens with one attached hydrogen (secondary N) is 1. The minimum atomic E-state index is -0.153. The van der Waals surface area contributed by atoms with Gasteiger partial charge in [-0.25, -0.2) is 0 Å². The van der Waals surface area contributed by atoms with Crippen LogP contribution < -0.4 is 14.8 Å². The average molecular weight is 285 g/mol. The van der Waals surface area contributed by atoms with E-state index in [9.17, 15) is 4.79 Å². The second-order valence-corrected chi connectivity index (χ2v) is 4.77. The zero-order valence-corrected chi connectivity index (χ0v) is 12.7. The van der Waals surface area contributed by atoms with E-state index in [4.69, 9.17) is 9.47 Å². The number of ether oxygens (including phenoxy) is 2. The summed E-state index contributed by atoms with van der Waals surface area (Å²) in [5.74, 6) is 1.09. The number of benzene rings is 2. The number of methoxy groups -OCH3 is 2. The molecule has 0 aromatic heterocycles. The van der Waals surface area contributed by atoms with Crippen molar-refractivity contribution in [3.63, 3.8) is 0 Å². The molecule has 2 rings (SSSR count). The summed E-state index contributed by atoms with van der Waals surface area (Å²) < 4.78 is 10.4. The van der Waals surface area contributed by atoms with E-state index >= 15 is 0 Å². The van der Waals surface area contributed by atoms with Crippen molar-refractivity contribution >= 4 is 11.6 Å². The first-order chi connectivity index (χ1) is 10.1. The van der Waals surface area contributed by atoms with Gasteiger partial charge in [-0.3, -0.25) is 4.79 Å². The molecule has 0 fully saturated rings. The maximum absolute atomic E-state index is 12.4. The maximum Gasteiger partial charge on any atom is 0.256 e. The molecular weight excluding hydrogens is 266 g/mol. The minimum absolute atomic E-state index is 0.153. The van der Waals surface area contributed by atoms with Gasteiger partial charge in [0.25, 0.3) is 5.91 Å². The smallest absolute Gasteiger partial charge is 0.256 e. The number of carbonyl (C=O) groups excluding carboxylic acids is 1. The summed E-state index contributed by atoms with van der Waals surface area (Å²) in [6, 6.07) is 11.0. The number of hydrogen-bond acceptors (Lipinski definition) is 3. The van der Waals surface area contributed by atoms with Gasteiger partial charge in [-0.05, 0) is 43.2 Å². The van der Waals surface area contributed by atoms with E-state index in [1.807, 2.05) is 32.0 Å². The predicted octanol–water partition coefficient (Wildman–Crippen LogP) is 3.57. The van der Waals surface area contributed by atoms with Crippen LogP contribution >= 0.6 is 0 Å².